The Kier molecular flexibility index (Phi) is 29.9. The van der Waals surface area contributed by atoms with Crippen LogP contribution in [0, 0.1) is 38.1 Å². The van der Waals surface area contributed by atoms with E-state index in [1.807, 2.05) is 207 Å². The molecule has 0 fully saturated rings. The molecule has 12 rings (SSSR count). The van der Waals surface area contributed by atoms with Gasteiger partial charge in [-0.15, -0.1) is 144 Å². The van der Waals surface area contributed by atoms with Gasteiger partial charge in [0.25, 0.3) is 0 Å². The van der Waals surface area contributed by atoms with Crippen LogP contribution < -0.4 is 0 Å². The number of pyridine rings is 5. The van der Waals surface area contributed by atoms with Crippen molar-refractivity contribution in [3.63, 3.8) is 0 Å². The summed E-state index contributed by atoms with van der Waals surface area (Å²) >= 11 is 0. The second-order valence-electron chi connectivity index (χ2n) is 16.6. The zero-order valence-electron chi connectivity index (χ0n) is 44.9. The Balaban J connectivity index is 0.000000214. The zero-order valence-corrected chi connectivity index (χ0v) is 49.7. The molecule has 0 bridgehead atoms. The molecule has 80 heavy (non-hydrogen) atoms. The summed E-state index contributed by atoms with van der Waals surface area (Å²) in [4.78, 5) is 21.8. The smallest absolute Gasteiger partial charge is 0.0705 e. The van der Waals surface area contributed by atoms with Gasteiger partial charge in [-0.3, -0.25) is 4.98 Å². The van der Waals surface area contributed by atoms with Gasteiger partial charge >= 0.3 is 0 Å². The molecule has 0 amide bonds. The Labute approximate surface area is 499 Å². The van der Waals surface area contributed by atoms with Crippen molar-refractivity contribution >= 4 is 0 Å². The minimum absolute atomic E-state index is 0. The Morgan fingerprint density at radius 2 is 0.550 bits per heavy atom. The number of aliphatic hydroxyl groups is 2. The van der Waals surface area contributed by atoms with Crippen molar-refractivity contribution in [1.29, 1.82) is 0 Å². The van der Waals surface area contributed by atoms with Gasteiger partial charge in [0, 0.05) is 102 Å². The largest absolute Gasteiger partial charge is 0.400 e. The number of hydrogen-bond donors (Lipinski definition) is 2. The molecular weight excluding hydrogens is 1340 g/mol. The maximum Gasteiger partial charge on any atom is 0.0705 e. The standard InChI is InChI=1S/C18H15N.C18H14N.3C11H8N.2CH4O.2Ir/c2*1-14-12-18(16-10-6-3-7-11-16)19-13-17(14)15-8-4-2-5-9-15;3*1-2-6-10(7-3-1)11-8-4-5-9-12-11;2*1-2;;/h2-13H,1H3;2-10,12-13H,1H3;3*1-6,8-9H;2*2H,1H3;;/q;4*-1;;;;. The summed E-state index contributed by atoms with van der Waals surface area (Å²) in [6.07, 6.45) is 9.27. The quantitative estimate of drug-likeness (QED) is 0.153. The van der Waals surface area contributed by atoms with Gasteiger partial charge in [-0.05, 0) is 83.1 Å². The molecule has 5 heterocycles. The summed E-state index contributed by atoms with van der Waals surface area (Å²) in [5.41, 5.74) is 17.5. The summed E-state index contributed by atoms with van der Waals surface area (Å²) < 4.78 is 0. The average Bonchev–Trinajstić information content (AvgIpc) is 3.55. The zero-order chi connectivity index (χ0) is 54.8. The number of aryl methyl sites for hydroxylation is 2. The number of nitrogens with zero attached hydrogens (tertiary/aromatic N) is 5. The van der Waals surface area contributed by atoms with Gasteiger partial charge in [0.15, 0.2) is 0 Å². The third-order valence-electron chi connectivity index (χ3n) is 11.4. The van der Waals surface area contributed by atoms with Crippen LogP contribution in [-0.2, 0) is 40.2 Å². The molecule has 0 saturated carbocycles. The van der Waals surface area contributed by atoms with Gasteiger partial charge in [-0.25, -0.2) is 0 Å². The predicted molar refractivity (Wildman–Crippen MR) is 320 cm³/mol. The Morgan fingerprint density at radius 3 is 0.838 bits per heavy atom. The van der Waals surface area contributed by atoms with E-state index >= 15 is 0 Å². The number of hydrogen-bond acceptors (Lipinski definition) is 7. The second-order valence-corrected chi connectivity index (χ2v) is 16.6. The summed E-state index contributed by atoms with van der Waals surface area (Å²) in [7, 11) is 2.00. The summed E-state index contributed by atoms with van der Waals surface area (Å²) in [5.74, 6) is 0. The van der Waals surface area contributed by atoms with E-state index < -0.39 is 0 Å². The molecule has 2 radical (unpaired) electrons. The fraction of sp³-hybridized carbons (Fsp3) is 0.0563. The van der Waals surface area contributed by atoms with Gasteiger partial charge in [0.05, 0.1) is 5.69 Å². The van der Waals surface area contributed by atoms with E-state index in [-0.39, 0.29) is 40.2 Å². The van der Waals surface area contributed by atoms with Crippen LogP contribution in [0.15, 0.2) is 286 Å². The molecule has 12 aromatic rings. The SMILES string of the molecule is CO.CO.Cc1cc(-c2[c-]cccc2)ncc1-c1ccccc1.Cc1cc(-c2ccccc2)ncc1-c1ccccc1.[Ir].[Ir].[c-]1ccccc1-c1ccccn1.[c-]1ccccc1-c1ccccn1.[c-]1ccccc1-c1ccccn1. The minimum atomic E-state index is 0. The molecule has 2 N–H and O–H groups in total. The first-order chi connectivity index (χ1) is 38.6. The van der Waals surface area contributed by atoms with Crippen molar-refractivity contribution in [3.05, 3.63) is 321 Å². The molecule has 0 unspecified atom stereocenters. The van der Waals surface area contributed by atoms with E-state index in [9.17, 15) is 0 Å². The van der Waals surface area contributed by atoms with Crippen molar-refractivity contribution in [1.82, 2.24) is 24.9 Å². The molecule has 5 aromatic heterocycles. The molecule has 404 valence electrons. The van der Waals surface area contributed by atoms with E-state index in [1.54, 1.807) is 18.6 Å². The first-order valence-corrected chi connectivity index (χ1v) is 25.2. The van der Waals surface area contributed by atoms with Gasteiger partial charge in [0.2, 0.25) is 0 Å². The molecule has 0 aliphatic heterocycles. The van der Waals surface area contributed by atoms with Crippen molar-refractivity contribution in [3.8, 4) is 78.5 Å². The van der Waals surface area contributed by atoms with Crippen LogP contribution in [-0.4, -0.2) is 49.4 Å². The maximum atomic E-state index is 7.00. The van der Waals surface area contributed by atoms with Crippen LogP contribution in [0.1, 0.15) is 11.1 Å². The third kappa shape index (κ3) is 20.7. The Hall–Kier alpha value is -8.49. The van der Waals surface area contributed by atoms with Crippen molar-refractivity contribution in [2.75, 3.05) is 14.2 Å². The number of aromatic nitrogens is 5. The van der Waals surface area contributed by atoms with E-state index in [1.165, 1.54) is 33.4 Å². The fourth-order valence-electron chi connectivity index (χ4n) is 7.64. The van der Waals surface area contributed by atoms with Crippen LogP contribution >= 0.6 is 0 Å². The van der Waals surface area contributed by atoms with Crippen LogP contribution in [0.5, 0.6) is 0 Å². The van der Waals surface area contributed by atoms with Crippen molar-refractivity contribution in [2.24, 2.45) is 0 Å². The molecule has 0 spiro atoms. The topological polar surface area (TPSA) is 105 Å². The Morgan fingerprint density at radius 1 is 0.275 bits per heavy atom. The molecule has 0 saturated heterocycles. The van der Waals surface area contributed by atoms with Gasteiger partial charge in [0.1, 0.15) is 0 Å². The molecule has 7 nitrogen and oxygen atoms in total. The monoisotopic (exact) mass is 1400 g/mol. The molecule has 7 aromatic carbocycles. The van der Waals surface area contributed by atoms with E-state index in [0.717, 1.165) is 70.5 Å². The van der Waals surface area contributed by atoms with Gasteiger partial charge in [-0.2, -0.15) is 0 Å². The number of rotatable bonds is 7. The van der Waals surface area contributed by atoms with Crippen LogP contribution in [0.4, 0.5) is 0 Å². The van der Waals surface area contributed by atoms with Crippen molar-refractivity contribution < 1.29 is 50.4 Å². The Bertz CT molecular complexity index is 3060. The molecule has 0 atom stereocenters. The van der Waals surface area contributed by atoms with E-state index in [2.05, 4.69) is 124 Å². The van der Waals surface area contributed by atoms with Crippen LogP contribution in [0.2, 0.25) is 0 Å². The first-order valence-electron chi connectivity index (χ1n) is 25.2. The maximum absolute atomic E-state index is 7.00. The number of benzene rings is 7. The van der Waals surface area contributed by atoms with Gasteiger partial charge < -0.3 is 30.1 Å². The molecule has 0 aliphatic carbocycles. The first kappa shape index (κ1) is 64.0. The average molecular weight is 1400 g/mol. The van der Waals surface area contributed by atoms with Gasteiger partial charge in [-0.1, -0.05) is 133 Å². The molecular formula is C71H61Ir2N5O2-4. The fourth-order valence-corrected chi connectivity index (χ4v) is 7.64. The summed E-state index contributed by atoms with van der Waals surface area (Å²) in [5, 5.41) is 14.0. The van der Waals surface area contributed by atoms with E-state index in [0.29, 0.717) is 0 Å². The summed E-state index contributed by atoms with van der Waals surface area (Å²) in [6, 6.07) is 96.8. The van der Waals surface area contributed by atoms with Crippen LogP contribution in [0.3, 0.4) is 0 Å². The van der Waals surface area contributed by atoms with E-state index in [4.69, 9.17) is 10.2 Å². The minimum Gasteiger partial charge on any atom is -0.400 e. The summed E-state index contributed by atoms with van der Waals surface area (Å²) in [6.45, 7) is 4.26. The molecule has 0 aliphatic rings. The van der Waals surface area contributed by atoms with Crippen molar-refractivity contribution in [2.45, 2.75) is 13.8 Å². The number of aliphatic hydroxyl groups excluding tert-OH is 2. The molecule has 9 heteroatoms. The third-order valence-corrected chi connectivity index (χ3v) is 11.4. The second kappa shape index (κ2) is 37.3. The predicted octanol–water partition coefficient (Wildman–Crippen LogP) is 16.1. The normalized spacial score (nSPS) is 9.43. The van der Waals surface area contributed by atoms with Crippen LogP contribution in [0.25, 0.3) is 78.5 Å².